The lowest BCUT2D eigenvalue weighted by Gasteiger charge is -2.38. The van der Waals surface area contributed by atoms with Gasteiger partial charge in [0.25, 0.3) is 15.9 Å². The van der Waals surface area contributed by atoms with E-state index >= 15 is 0 Å². The van der Waals surface area contributed by atoms with E-state index in [0.717, 1.165) is 12.8 Å². The molecule has 1 saturated carbocycles. The number of benzene rings is 1. The standard InChI is InChI=1S/C24H33N5O6S/c1-15-10-29(16(2)13-30)24(32)19-9-18(26-23(31)17-5-6-17)7-8-20(19)35-21(15)11-28(4)36(33,34)22-12-27(3)14-25-22/h7-9,12,14-17,21,30H,5-6,10-11,13H2,1-4H3,(H,26,31)/t15-,16+,21+/m0/s1. The second-order valence-corrected chi connectivity index (χ2v) is 11.8. The van der Waals surface area contributed by atoms with Crippen LogP contribution in [-0.2, 0) is 21.9 Å². The highest BCUT2D eigenvalue weighted by atomic mass is 32.2. The molecule has 0 radical (unpaired) electrons. The van der Waals surface area contributed by atoms with Crippen molar-refractivity contribution in [2.24, 2.45) is 18.9 Å². The molecular weight excluding hydrogens is 486 g/mol. The lowest BCUT2D eigenvalue weighted by molar-refractivity contribution is -0.117. The van der Waals surface area contributed by atoms with Crippen LogP contribution in [0.3, 0.4) is 0 Å². The quantitative estimate of drug-likeness (QED) is 0.537. The normalized spacial score (nSPS) is 21.4. The van der Waals surface area contributed by atoms with Crippen LogP contribution in [0.2, 0.25) is 0 Å². The van der Waals surface area contributed by atoms with E-state index in [0.29, 0.717) is 11.4 Å². The van der Waals surface area contributed by atoms with Crippen molar-refractivity contribution in [3.05, 3.63) is 36.3 Å². The van der Waals surface area contributed by atoms with E-state index < -0.39 is 22.2 Å². The molecule has 196 valence electrons. The van der Waals surface area contributed by atoms with E-state index in [1.165, 1.54) is 23.9 Å². The fourth-order valence-corrected chi connectivity index (χ4v) is 5.28. The van der Waals surface area contributed by atoms with Gasteiger partial charge in [0.1, 0.15) is 11.9 Å². The highest BCUT2D eigenvalue weighted by Crippen LogP contribution is 2.33. The molecule has 36 heavy (non-hydrogen) atoms. The molecule has 2 N–H and O–H groups in total. The number of aromatic nitrogens is 2. The average molecular weight is 520 g/mol. The Kier molecular flexibility index (Phi) is 7.39. The predicted octanol–water partition coefficient (Wildman–Crippen LogP) is 1.31. The van der Waals surface area contributed by atoms with Crippen LogP contribution >= 0.6 is 0 Å². The molecule has 0 spiro atoms. The van der Waals surface area contributed by atoms with Crippen LogP contribution in [0.4, 0.5) is 5.69 Å². The number of ether oxygens (including phenoxy) is 1. The van der Waals surface area contributed by atoms with Crippen molar-refractivity contribution in [1.29, 1.82) is 0 Å². The third-order valence-electron chi connectivity index (χ3n) is 6.67. The zero-order valence-electron chi connectivity index (χ0n) is 20.9. The van der Waals surface area contributed by atoms with Gasteiger partial charge >= 0.3 is 0 Å². The summed E-state index contributed by atoms with van der Waals surface area (Å²) in [5, 5.41) is 12.6. The number of carbonyl (C=O) groups excluding carboxylic acids is 2. The largest absolute Gasteiger partial charge is 0.488 e. The number of fused-ring (bicyclic) bond motifs is 1. The molecule has 11 nitrogen and oxygen atoms in total. The minimum atomic E-state index is -3.85. The zero-order valence-corrected chi connectivity index (χ0v) is 21.7. The van der Waals surface area contributed by atoms with Crippen molar-refractivity contribution in [3.63, 3.8) is 0 Å². The number of carbonyl (C=O) groups is 2. The highest BCUT2D eigenvalue weighted by molar-refractivity contribution is 7.89. The second kappa shape index (κ2) is 10.2. The summed E-state index contributed by atoms with van der Waals surface area (Å²) in [6.07, 6.45) is 3.97. The van der Waals surface area contributed by atoms with Crippen molar-refractivity contribution in [3.8, 4) is 5.75 Å². The summed E-state index contributed by atoms with van der Waals surface area (Å²) in [6.45, 7) is 3.67. The first-order chi connectivity index (χ1) is 17.0. The molecule has 1 aliphatic carbocycles. The number of hydrogen-bond acceptors (Lipinski definition) is 7. The Hall–Kier alpha value is -2.96. The van der Waals surface area contributed by atoms with Gasteiger partial charge in [0.2, 0.25) is 5.91 Å². The Labute approximate surface area is 211 Å². The van der Waals surface area contributed by atoms with Crippen molar-refractivity contribution in [2.45, 2.75) is 43.9 Å². The van der Waals surface area contributed by atoms with Gasteiger partial charge in [-0.25, -0.2) is 13.4 Å². The lowest BCUT2D eigenvalue weighted by Crippen LogP contribution is -2.50. The van der Waals surface area contributed by atoms with Crippen LogP contribution in [-0.4, -0.2) is 83.0 Å². The number of hydrogen-bond donors (Lipinski definition) is 2. The summed E-state index contributed by atoms with van der Waals surface area (Å²) < 4.78 is 35.1. The second-order valence-electron chi connectivity index (χ2n) is 9.76. The number of anilines is 1. The van der Waals surface area contributed by atoms with Crippen molar-refractivity contribution in [1.82, 2.24) is 18.8 Å². The van der Waals surface area contributed by atoms with Gasteiger partial charge in [-0.3, -0.25) is 9.59 Å². The van der Waals surface area contributed by atoms with Gasteiger partial charge in [-0.05, 0) is 38.0 Å². The number of aryl methyl sites for hydroxylation is 1. The number of aliphatic hydroxyl groups is 1. The number of sulfonamides is 1. The Bertz CT molecular complexity index is 1240. The highest BCUT2D eigenvalue weighted by Gasteiger charge is 2.36. The molecule has 1 aliphatic heterocycles. The van der Waals surface area contributed by atoms with Gasteiger partial charge < -0.3 is 24.6 Å². The van der Waals surface area contributed by atoms with Crippen LogP contribution in [0.1, 0.15) is 37.0 Å². The summed E-state index contributed by atoms with van der Waals surface area (Å²) >= 11 is 0. The van der Waals surface area contributed by atoms with E-state index in [-0.39, 0.29) is 53.9 Å². The fourth-order valence-electron chi connectivity index (χ4n) is 4.14. The average Bonchev–Trinajstić information content (AvgIpc) is 3.61. The van der Waals surface area contributed by atoms with Crippen molar-refractivity contribution >= 4 is 27.5 Å². The smallest absolute Gasteiger partial charge is 0.261 e. The topological polar surface area (TPSA) is 134 Å². The van der Waals surface area contributed by atoms with Crippen LogP contribution in [0, 0.1) is 11.8 Å². The molecule has 3 atom stereocenters. The Morgan fingerprint density at radius 2 is 2.08 bits per heavy atom. The van der Waals surface area contributed by atoms with Gasteiger partial charge in [-0.2, -0.15) is 4.31 Å². The molecule has 0 saturated heterocycles. The third kappa shape index (κ3) is 5.40. The maximum atomic E-state index is 13.5. The number of aliphatic hydroxyl groups excluding tert-OH is 1. The van der Waals surface area contributed by atoms with E-state index in [4.69, 9.17) is 4.74 Å². The van der Waals surface area contributed by atoms with Crippen molar-refractivity contribution < 1.29 is 27.9 Å². The van der Waals surface area contributed by atoms with Gasteiger partial charge in [-0.1, -0.05) is 6.92 Å². The molecule has 1 fully saturated rings. The Morgan fingerprint density at radius 3 is 2.69 bits per heavy atom. The summed E-state index contributed by atoms with van der Waals surface area (Å²) in [7, 11) is -0.693. The molecule has 12 heteroatoms. The van der Waals surface area contributed by atoms with E-state index in [1.807, 2.05) is 6.92 Å². The first kappa shape index (κ1) is 26.1. The molecule has 1 aromatic carbocycles. The minimum Gasteiger partial charge on any atom is -0.488 e. The first-order valence-electron chi connectivity index (χ1n) is 12.0. The lowest BCUT2D eigenvalue weighted by atomic mass is 9.99. The van der Waals surface area contributed by atoms with Crippen LogP contribution in [0.5, 0.6) is 5.75 Å². The molecule has 0 bridgehead atoms. The summed E-state index contributed by atoms with van der Waals surface area (Å²) in [6, 6.07) is 4.40. The molecular formula is C24H33N5O6S. The maximum Gasteiger partial charge on any atom is 0.261 e. The number of nitrogens with zero attached hydrogens (tertiary/aromatic N) is 4. The summed E-state index contributed by atoms with van der Waals surface area (Å²) in [5.74, 6) is -0.366. The van der Waals surface area contributed by atoms with E-state index in [9.17, 15) is 23.1 Å². The zero-order chi connectivity index (χ0) is 26.2. The molecule has 2 aliphatic rings. The first-order valence-corrected chi connectivity index (χ1v) is 13.4. The van der Waals surface area contributed by atoms with Crippen LogP contribution < -0.4 is 10.1 Å². The number of imidazole rings is 1. The number of nitrogens with one attached hydrogen (secondary N) is 1. The fraction of sp³-hybridized carbons (Fsp3) is 0.542. The number of amides is 2. The molecule has 4 rings (SSSR count). The van der Waals surface area contributed by atoms with Gasteiger partial charge in [0, 0.05) is 44.4 Å². The van der Waals surface area contributed by atoms with E-state index in [2.05, 4.69) is 10.3 Å². The number of likely N-dealkylation sites (N-methyl/N-ethyl adjacent to an activating group) is 1. The molecule has 2 amide bonds. The number of rotatable bonds is 8. The Balaban J connectivity index is 1.64. The minimum absolute atomic E-state index is 0.00620. The Morgan fingerprint density at radius 1 is 1.36 bits per heavy atom. The van der Waals surface area contributed by atoms with Gasteiger partial charge in [0.15, 0.2) is 5.03 Å². The SMILES string of the molecule is C[C@H](CO)N1C[C@H](C)[C@@H](CN(C)S(=O)(=O)c2cn(C)cn2)Oc2ccc(NC(=O)C3CC3)cc2C1=O. The third-order valence-corrected chi connectivity index (χ3v) is 8.38. The molecule has 1 aromatic heterocycles. The monoisotopic (exact) mass is 519 g/mol. The molecule has 0 unspecified atom stereocenters. The van der Waals surface area contributed by atoms with Crippen LogP contribution in [0.15, 0.2) is 35.7 Å². The predicted molar refractivity (Wildman–Crippen MR) is 132 cm³/mol. The van der Waals surface area contributed by atoms with Crippen LogP contribution in [0.25, 0.3) is 0 Å². The summed E-state index contributed by atoms with van der Waals surface area (Å²) in [5.41, 5.74) is 0.732. The van der Waals surface area contributed by atoms with E-state index in [1.54, 1.807) is 41.6 Å². The van der Waals surface area contributed by atoms with Crippen molar-refractivity contribution in [2.75, 3.05) is 32.1 Å². The molecule has 2 heterocycles. The van der Waals surface area contributed by atoms with Gasteiger partial charge in [0.05, 0.1) is 31.1 Å². The summed E-state index contributed by atoms with van der Waals surface area (Å²) in [4.78, 5) is 31.3. The van der Waals surface area contributed by atoms with Gasteiger partial charge in [-0.15, -0.1) is 0 Å². The maximum absolute atomic E-state index is 13.5. The molecule has 2 aromatic rings.